The molecule has 0 aliphatic heterocycles. The Balaban J connectivity index is 1.97. The third-order valence-corrected chi connectivity index (χ3v) is 3.25. The van der Waals surface area contributed by atoms with Gasteiger partial charge in [0.1, 0.15) is 11.5 Å². The van der Waals surface area contributed by atoms with E-state index in [1.54, 1.807) is 13.4 Å². The van der Waals surface area contributed by atoms with Crippen LogP contribution in [0.3, 0.4) is 0 Å². The number of carbonyl (C=O) groups is 1. The standard InChI is InChI=1S/C16H19NO3/c1-3-12(11-15-5-4-10-20-15)16(18)17-13-6-8-14(19-2)9-7-13/h4-10,12H,3,11H2,1-2H3,(H,17,18). The molecule has 20 heavy (non-hydrogen) atoms. The number of ether oxygens (including phenoxy) is 1. The van der Waals surface area contributed by atoms with E-state index in [-0.39, 0.29) is 11.8 Å². The number of rotatable bonds is 6. The second-order valence-electron chi connectivity index (χ2n) is 4.61. The van der Waals surface area contributed by atoms with Crippen LogP contribution in [0.15, 0.2) is 47.1 Å². The van der Waals surface area contributed by atoms with E-state index < -0.39 is 0 Å². The number of anilines is 1. The predicted octanol–water partition coefficient (Wildman–Crippen LogP) is 3.50. The first-order chi connectivity index (χ1) is 9.72. The summed E-state index contributed by atoms with van der Waals surface area (Å²) < 4.78 is 10.4. The van der Waals surface area contributed by atoms with Gasteiger partial charge in [-0.2, -0.15) is 0 Å². The molecule has 1 heterocycles. The van der Waals surface area contributed by atoms with Gasteiger partial charge in [-0.3, -0.25) is 4.79 Å². The number of hydrogen-bond acceptors (Lipinski definition) is 3. The van der Waals surface area contributed by atoms with Crippen LogP contribution < -0.4 is 10.1 Å². The van der Waals surface area contributed by atoms with Gasteiger partial charge in [0, 0.05) is 18.0 Å². The first kappa shape index (κ1) is 14.2. The fourth-order valence-corrected chi connectivity index (χ4v) is 2.01. The Morgan fingerprint density at radius 1 is 1.30 bits per heavy atom. The van der Waals surface area contributed by atoms with Gasteiger partial charge in [-0.1, -0.05) is 6.92 Å². The van der Waals surface area contributed by atoms with Crippen molar-refractivity contribution >= 4 is 11.6 Å². The average Bonchev–Trinajstić information content (AvgIpc) is 2.98. The molecule has 0 radical (unpaired) electrons. The molecule has 0 saturated heterocycles. The van der Waals surface area contributed by atoms with Crippen molar-refractivity contribution in [1.82, 2.24) is 0 Å². The molecule has 0 fully saturated rings. The molecule has 106 valence electrons. The molecule has 1 atom stereocenters. The summed E-state index contributed by atoms with van der Waals surface area (Å²) in [7, 11) is 1.62. The average molecular weight is 273 g/mol. The van der Waals surface area contributed by atoms with Crippen LogP contribution in [0.4, 0.5) is 5.69 Å². The quantitative estimate of drug-likeness (QED) is 0.876. The molecule has 0 spiro atoms. The van der Waals surface area contributed by atoms with Crippen LogP contribution >= 0.6 is 0 Å². The van der Waals surface area contributed by atoms with Crippen LogP contribution in [-0.4, -0.2) is 13.0 Å². The van der Waals surface area contributed by atoms with Crippen molar-refractivity contribution in [3.63, 3.8) is 0 Å². The van der Waals surface area contributed by atoms with Crippen molar-refractivity contribution in [3.8, 4) is 5.75 Å². The Hall–Kier alpha value is -2.23. The summed E-state index contributed by atoms with van der Waals surface area (Å²) in [5, 5.41) is 2.92. The minimum atomic E-state index is -0.0942. The van der Waals surface area contributed by atoms with E-state index in [1.807, 2.05) is 43.3 Å². The number of hydrogen-bond donors (Lipinski definition) is 1. The Bertz CT molecular complexity index is 531. The molecular weight excluding hydrogens is 254 g/mol. The van der Waals surface area contributed by atoms with Gasteiger partial charge in [-0.25, -0.2) is 0 Å². The molecular formula is C16H19NO3. The fraction of sp³-hybridized carbons (Fsp3) is 0.312. The van der Waals surface area contributed by atoms with Crippen molar-refractivity contribution in [1.29, 1.82) is 0 Å². The lowest BCUT2D eigenvalue weighted by atomic mass is 10.00. The van der Waals surface area contributed by atoms with Crippen LogP contribution in [0.1, 0.15) is 19.1 Å². The first-order valence-electron chi connectivity index (χ1n) is 6.70. The monoisotopic (exact) mass is 273 g/mol. The molecule has 2 rings (SSSR count). The molecule has 0 bridgehead atoms. The zero-order chi connectivity index (χ0) is 14.4. The maximum Gasteiger partial charge on any atom is 0.227 e. The summed E-state index contributed by atoms with van der Waals surface area (Å²) in [6.45, 7) is 2.00. The third-order valence-electron chi connectivity index (χ3n) is 3.25. The van der Waals surface area contributed by atoms with Crippen molar-refractivity contribution < 1.29 is 13.9 Å². The smallest absolute Gasteiger partial charge is 0.227 e. The molecule has 2 aromatic rings. The van der Waals surface area contributed by atoms with Crippen LogP contribution in [0.25, 0.3) is 0 Å². The van der Waals surface area contributed by atoms with Crippen LogP contribution in [0.5, 0.6) is 5.75 Å². The SMILES string of the molecule is CCC(Cc1ccco1)C(=O)Nc1ccc(OC)cc1. The summed E-state index contributed by atoms with van der Waals surface area (Å²) in [6.07, 6.45) is 3.01. The van der Waals surface area contributed by atoms with Gasteiger partial charge in [0.25, 0.3) is 0 Å². The molecule has 1 aromatic heterocycles. The van der Waals surface area contributed by atoms with E-state index in [2.05, 4.69) is 5.32 Å². The van der Waals surface area contributed by atoms with Crippen molar-refractivity contribution in [2.75, 3.05) is 12.4 Å². The lowest BCUT2D eigenvalue weighted by Crippen LogP contribution is -2.24. The molecule has 1 aromatic carbocycles. The van der Waals surface area contributed by atoms with Gasteiger partial charge in [0.2, 0.25) is 5.91 Å². The number of furan rings is 1. The van der Waals surface area contributed by atoms with E-state index in [1.165, 1.54) is 0 Å². The Morgan fingerprint density at radius 3 is 2.60 bits per heavy atom. The Labute approximate surface area is 118 Å². The van der Waals surface area contributed by atoms with Crippen LogP contribution in [0, 0.1) is 5.92 Å². The minimum Gasteiger partial charge on any atom is -0.497 e. The summed E-state index contributed by atoms with van der Waals surface area (Å²) in [5.41, 5.74) is 0.772. The van der Waals surface area contributed by atoms with Gasteiger partial charge in [-0.05, 0) is 42.8 Å². The number of methoxy groups -OCH3 is 1. The predicted molar refractivity (Wildman–Crippen MR) is 77.8 cm³/mol. The van der Waals surface area contributed by atoms with Crippen molar-refractivity contribution in [3.05, 3.63) is 48.4 Å². The van der Waals surface area contributed by atoms with Gasteiger partial charge in [0.15, 0.2) is 0 Å². The van der Waals surface area contributed by atoms with E-state index in [4.69, 9.17) is 9.15 Å². The van der Waals surface area contributed by atoms with Gasteiger partial charge in [0.05, 0.1) is 13.4 Å². The molecule has 0 aliphatic carbocycles. The largest absolute Gasteiger partial charge is 0.497 e. The molecule has 0 aliphatic rings. The molecule has 4 heteroatoms. The third kappa shape index (κ3) is 3.63. The normalized spacial score (nSPS) is 11.9. The van der Waals surface area contributed by atoms with Gasteiger partial charge in [-0.15, -0.1) is 0 Å². The van der Waals surface area contributed by atoms with E-state index in [0.717, 1.165) is 23.6 Å². The lowest BCUT2D eigenvalue weighted by molar-refractivity contribution is -0.120. The summed E-state index contributed by atoms with van der Waals surface area (Å²) in [5.74, 6) is 1.52. The highest BCUT2D eigenvalue weighted by atomic mass is 16.5. The van der Waals surface area contributed by atoms with E-state index in [9.17, 15) is 4.79 Å². The van der Waals surface area contributed by atoms with Crippen LogP contribution in [0.2, 0.25) is 0 Å². The molecule has 1 amide bonds. The van der Waals surface area contributed by atoms with E-state index in [0.29, 0.717) is 6.42 Å². The Morgan fingerprint density at radius 2 is 2.05 bits per heavy atom. The zero-order valence-electron chi connectivity index (χ0n) is 11.8. The highest BCUT2D eigenvalue weighted by Crippen LogP contribution is 2.18. The fourth-order valence-electron chi connectivity index (χ4n) is 2.01. The number of amides is 1. The molecule has 0 saturated carbocycles. The maximum absolute atomic E-state index is 12.2. The van der Waals surface area contributed by atoms with Gasteiger partial charge < -0.3 is 14.5 Å². The van der Waals surface area contributed by atoms with Crippen LogP contribution in [-0.2, 0) is 11.2 Å². The number of benzene rings is 1. The first-order valence-corrected chi connectivity index (χ1v) is 6.70. The lowest BCUT2D eigenvalue weighted by Gasteiger charge is -2.14. The van der Waals surface area contributed by atoms with Crippen molar-refractivity contribution in [2.24, 2.45) is 5.92 Å². The highest BCUT2D eigenvalue weighted by molar-refractivity contribution is 5.92. The van der Waals surface area contributed by atoms with E-state index >= 15 is 0 Å². The highest BCUT2D eigenvalue weighted by Gasteiger charge is 2.18. The Kier molecular flexibility index (Phi) is 4.82. The second kappa shape index (κ2) is 6.80. The molecule has 4 nitrogen and oxygen atoms in total. The topological polar surface area (TPSA) is 51.5 Å². The molecule has 1 N–H and O–H groups in total. The zero-order valence-corrected chi connectivity index (χ0v) is 11.8. The maximum atomic E-state index is 12.2. The molecule has 1 unspecified atom stereocenters. The summed E-state index contributed by atoms with van der Waals surface area (Å²) >= 11 is 0. The number of nitrogens with one attached hydrogen (secondary N) is 1. The second-order valence-corrected chi connectivity index (χ2v) is 4.61. The van der Waals surface area contributed by atoms with Gasteiger partial charge >= 0.3 is 0 Å². The summed E-state index contributed by atoms with van der Waals surface area (Å²) in [6, 6.07) is 11.0. The van der Waals surface area contributed by atoms with Crippen molar-refractivity contribution in [2.45, 2.75) is 19.8 Å². The summed E-state index contributed by atoms with van der Waals surface area (Å²) in [4.78, 5) is 12.2. The minimum absolute atomic E-state index is 0.00840. The number of carbonyl (C=O) groups excluding carboxylic acids is 1.